The molecule has 0 saturated carbocycles. The second-order valence-electron chi connectivity index (χ2n) is 5.78. The summed E-state index contributed by atoms with van der Waals surface area (Å²) in [7, 11) is 1.57. The summed E-state index contributed by atoms with van der Waals surface area (Å²) in [5.74, 6) is 1.01. The van der Waals surface area contributed by atoms with Gasteiger partial charge in [-0.1, -0.05) is 5.16 Å². The van der Waals surface area contributed by atoms with Gasteiger partial charge in [-0.25, -0.2) is 4.39 Å². The quantitative estimate of drug-likeness (QED) is 0.764. The van der Waals surface area contributed by atoms with E-state index in [1.165, 1.54) is 24.3 Å². The number of likely N-dealkylation sites (tertiary alicyclic amines) is 1. The van der Waals surface area contributed by atoms with Gasteiger partial charge in [0.15, 0.2) is 12.4 Å². The van der Waals surface area contributed by atoms with Gasteiger partial charge < -0.3 is 18.9 Å². The lowest BCUT2D eigenvalue weighted by Gasteiger charge is -2.22. The number of methoxy groups -OCH3 is 1. The molecular weight excluding hydrogens is 329 g/mol. The second-order valence-corrected chi connectivity index (χ2v) is 5.78. The van der Waals surface area contributed by atoms with Crippen molar-refractivity contribution in [2.45, 2.75) is 31.9 Å². The summed E-state index contributed by atoms with van der Waals surface area (Å²) in [6.07, 6.45) is 2.04. The Morgan fingerprint density at radius 3 is 2.96 bits per heavy atom. The highest BCUT2D eigenvalue weighted by molar-refractivity contribution is 5.77. The Bertz CT molecular complexity index is 704. The van der Waals surface area contributed by atoms with Crippen molar-refractivity contribution in [3.63, 3.8) is 0 Å². The molecule has 0 spiro atoms. The van der Waals surface area contributed by atoms with Gasteiger partial charge in [-0.15, -0.1) is 0 Å². The third-order valence-corrected chi connectivity index (χ3v) is 4.05. The van der Waals surface area contributed by atoms with Gasteiger partial charge >= 0.3 is 0 Å². The minimum absolute atomic E-state index is 0.0262. The standard InChI is InChI=1S/C17H20FN3O4/c1-23-10-8-16(22)21-9-2-3-14(21)17-19-15(25-20-17)11-24-13-6-4-12(18)5-7-13/h4-7,14H,2-3,8-11H2,1H3. The van der Waals surface area contributed by atoms with Gasteiger partial charge in [-0.2, -0.15) is 4.98 Å². The van der Waals surface area contributed by atoms with Gasteiger partial charge in [0.05, 0.1) is 19.1 Å². The predicted octanol–water partition coefficient (Wildman–Crippen LogP) is 2.49. The average Bonchev–Trinajstić information content (AvgIpc) is 3.28. The van der Waals surface area contributed by atoms with Crippen molar-refractivity contribution in [1.29, 1.82) is 0 Å². The molecule has 1 amide bonds. The lowest BCUT2D eigenvalue weighted by atomic mass is 10.2. The largest absolute Gasteiger partial charge is 0.484 e. The molecule has 1 saturated heterocycles. The van der Waals surface area contributed by atoms with Crippen molar-refractivity contribution in [3.05, 3.63) is 41.8 Å². The zero-order valence-corrected chi connectivity index (χ0v) is 14.0. The number of halogens is 1. The second kappa shape index (κ2) is 8.06. The monoisotopic (exact) mass is 349 g/mol. The number of hydrogen-bond donors (Lipinski definition) is 0. The van der Waals surface area contributed by atoms with E-state index in [-0.39, 0.29) is 24.4 Å². The van der Waals surface area contributed by atoms with Gasteiger partial charge in [0.2, 0.25) is 5.91 Å². The Kier molecular flexibility index (Phi) is 5.60. The van der Waals surface area contributed by atoms with Gasteiger partial charge in [0, 0.05) is 13.7 Å². The topological polar surface area (TPSA) is 77.7 Å². The van der Waals surface area contributed by atoms with Crippen LogP contribution in [0.3, 0.4) is 0 Å². The SMILES string of the molecule is COCCC(=O)N1CCCC1c1noc(COc2ccc(F)cc2)n1. The van der Waals surface area contributed by atoms with Crippen LogP contribution in [0.1, 0.15) is 37.0 Å². The molecule has 1 unspecified atom stereocenters. The lowest BCUT2D eigenvalue weighted by molar-refractivity contribution is -0.133. The van der Waals surface area contributed by atoms with Crippen molar-refractivity contribution in [1.82, 2.24) is 15.0 Å². The summed E-state index contributed by atoms with van der Waals surface area (Å²) in [5.41, 5.74) is 0. The summed E-state index contributed by atoms with van der Waals surface area (Å²) in [4.78, 5) is 18.3. The van der Waals surface area contributed by atoms with E-state index < -0.39 is 0 Å². The molecule has 1 atom stereocenters. The molecule has 2 heterocycles. The number of aromatic nitrogens is 2. The predicted molar refractivity (Wildman–Crippen MR) is 85.2 cm³/mol. The van der Waals surface area contributed by atoms with Crippen LogP contribution in [0.4, 0.5) is 4.39 Å². The molecule has 7 nitrogen and oxygen atoms in total. The van der Waals surface area contributed by atoms with Crippen molar-refractivity contribution < 1.29 is 23.2 Å². The van der Waals surface area contributed by atoms with Gasteiger partial charge in [0.25, 0.3) is 5.89 Å². The first-order valence-electron chi connectivity index (χ1n) is 8.16. The molecule has 2 aromatic rings. The van der Waals surface area contributed by atoms with Crippen molar-refractivity contribution >= 4 is 5.91 Å². The molecule has 1 aromatic heterocycles. The number of hydrogen-bond acceptors (Lipinski definition) is 6. The van der Waals surface area contributed by atoms with Crippen molar-refractivity contribution in [2.75, 3.05) is 20.3 Å². The number of nitrogens with zero attached hydrogens (tertiary/aromatic N) is 3. The Morgan fingerprint density at radius 2 is 2.20 bits per heavy atom. The Hall–Kier alpha value is -2.48. The summed E-state index contributed by atoms with van der Waals surface area (Å²) >= 11 is 0. The van der Waals surface area contributed by atoms with Crippen molar-refractivity contribution in [3.8, 4) is 5.75 Å². The summed E-state index contributed by atoms with van der Waals surface area (Å²) < 4.78 is 28.5. The fourth-order valence-corrected chi connectivity index (χ4v) is 2.80. The number of carbonyl (C=O) groups is 1. The molecule has 1 aliphatic heterocycles. The van der Waals surface area contributed by atoms with Crippen LogP contribution in [0.5, 0.6) is 5.75 Å². The molecule has 3 rings (SSSR count). The molecule has 1 fully saturated rings. The van der Waals surface area contributed by atoms with Crippen LogP contribution in [0.2, 0.25) is 0 Å². The number of amides is 1. The molecular formula is C17H20FN3O4. The molecule has 0 radical (unpaired) electrons. The molecule has 8 heteroatoms. The van der Waals surface area contributed by atoms with Crippen LogP contribution in [0, 0.1) is 5.82 Å². The Balaban J connectivity index is 1.60. The van der Waals surface area contributed by atoms with E-state index in [1.54, 1.807) is 12.0 Å². The maximum absolute atomic E-state index is 12.9. The molecule has 134 valence electrons. The van der Waals surface area contributed by atoms with Crippen LogP contribution in [-0.4, -0.2) is 41.2 Å². The molecule has 1 aromatic carbocycles. The van der Waals surface area contributed by atoms with Crippen LogP contribution in [0.15, 0.2) is 28.8 Å². The first-order valence-corrected chi connectivity index (χ1v) is 8.16. The van der Waals surface area contributed by atoms with E-state index in [2.05, 4.69) is 10.1 Å². The minimum atomic E-state index is -0.327. The number of rotatable bonds is 7. The first kappa shape index (κ1) is 17.3. The Morgan fingerprint density at radius 1 is 1.40 bits per heavy atom. The maximum Gasteiger partial charge on any atom is 0.264 e. The van der Waals surface area contributed by atoms with E-state index in [0.29, 0.717) is 37.0 Å². The third-order valence-electron chi connectivity index (χ3n) is 4.05. The van der Waals surface area contributed by atoms with E-state index in [4.69, 9.17) is 14.0 Å². The van der Waals surface area contributed by atoms with Crippen LogP contribution in [-0.2, 0) is 16.1 Å². The summed E-state index contributed by atoms with van der Waals surface area (Å²) in [6, 6.07) is 5.51. The Labute approximate surface area is 144 Å². The van der Waals surface area contributed by atoms with Crippen molar-refractivity contribution in [2.24, 2.45) is 0 Å². The lowest BCUT2D eigenvalue weighted by Crippen LogP contribution is -2.31. The highest BCUT2D eigenvalue weighted by Crippen LogP contribution is 2.30. The molecule has 25 heavy (non-hydrogen) atoms. The van der Waals surface area contributed by atoms with E-state index >= 15 is 0 Å². The van der Waals surface area contributed by atoms with Crippen LogP contribution >= 0.6 is 0 Å². The molecule has 0 aliphatic carbocycles. The van der Waals surface area contributed by atoms with Gasteiger partial charge in [-0.3, -0.25) is 4.79 Å². The fraction of sp³-hybridized carbons (Fsp3) is 0.471. The third kappa shape index (κ3) is 4.33. The van der Waals surface area contributed by atoms with E-state index in [1.807, 2.05) is 0 Å². The maximum atomic E-state index is 12.9. The summed E-state index contributed by atoms with van der Waals surface area (Å²) in [5, 5.41) is 3.99. The smallest absolute Gasteiger partial charge is 0.264 e. The normalized spacial score (nSPS) is 17.0. The number of ether oxygens (including phenoxy) is 2. The fourth-order valence-electron chi connectivity index (χ4n) is 2.80. The highest BCUT2D eigenvalue weighted by Gasteiger charge is 2.33. The minimum Gasteiger partial charge on any atom is -0.484 e. The zero-order chi connectivity index (χ0) is 17.6. The number of carbonyl (C=O) groups excluding carboxylic acids is 1. The van der Waals surface area contributed by atoms with Gasteiger partial charge in [0.1, 0.15) is 11.6 Å². The molecule has 0 N–H and O–H groups in total. The zero-order valence-electron chi connectivity index (χ0n) is 14.0. The highest BCUT2D eigenvalue weighted by atomic mass is 19.1. The first-order chi connectivity index (χ1) is 12.2. The molecule has 0 bridgehead atoms. The summed E-state index contributed by atoms with van der Waals surface area (Å²) in [6.45, 7) is 1.16. The van der Waals surface area contributed by atoms with Crippen LogP contribution in [0.25, 0.3) is 0 Å². The number of benzene rings is 1. The molecule has 1 aliphatic rings. The average molecular weight is 349 g/mol. The van der Waals surface area contributed by atoms with Gasteiger partial charge in [-0.05, 0) is 37.1 Å². The van der Waals surface area contributed by atoms with E-state index in [0.717, 1.165) is 12.8 Å². The van der Waals surface area contributed by atoms with Crippen LogP contribution < -0.4 is 4.74 Å². The van der Waals surface area contributed by atoms with E-state index in [9.17, 15) is 9.18 Å².